The van der Waals surface area contributed by atoms with Crippen molar-refractivity contribution in [3.05, 3.63) is 64.2 Å². The number of halogens is 4. The average Bonchev–Trinajstić information content (AvgIpc) is 2.41. The van der Waals surface area contributed by atoms with Gasteiger partial charge < -0.3 is 0 Å². The third-order valence-corrected chi connectivity index (χ3v) is 5.39. The molecule has 0 aliphatic heterocycles. The highest BCUT2D eigenvalue weighted by atomic mass is 79.9. The number of benzene rings is 2. The first kappa shape index (κ1) is 16.4. The monoisotopic (exact) mass is 394 g/mol. The summed E-state index contributed by atoms with van der Waals surface area (Å²) in [7, 11) is -3.28. The SMILES string of the molecule is CS(=O)(=O)c1ccc(C(Br)c2cc(F)c(F)cc2Cl)cc1. The third kappa shape index (κ3) is 3.62. The zero-order valence-electron chi connectivity index (χ0n) is 10.8. The summed E-state index contributed by atoms with van der Waals surface area (Å²) in [6.07, 6.45) is 1.11. The summed E-state index contributed by atoms with van der Waals surface area (Å²) in [5.41, 5.74) is 1.04. The lowest BCUT2D eigenvalue weighted by molar-refractivity contribution is 0.507. The van der Waals surface area contributed by atoms with Crippen molar-refractivity contribution < 1.29 is 17.2 Å². The number of alkyl halides is 1. The van der Waals surface area contributed by atoms with Crippen molar-refractivity contribution in [2.75, 3.05) is 6.26 Å². The van der Waals surface area contributed by atoms with Crippen molar-refractivity contribution in [2.45, 2.75) is 9.72 Å². The molecule has 0 spiro atoms. The van der Waals surface area contributed by atoms with Crippen molar-refractivity contribution in [2.24, 2.45) is 0 Å². The molecule has 21 heavy (non-hydrogen) atoms. The molecule has 0 N–H and O–H groups in total. The van der Waals surface area contributed by atoms with Gasteiger partial charge in [-0.3, -0.25) is 0 Å². The predicted octanol–water partition coefficient (Wildman–Crippen LogP) is 4.51. The first-order valence-electron chi connectivity index (χ1n) is 5.78. The Bertz CT molecular complexity index is 776. The zero-order valence-corrected chi connectivity index (χ0v) is 13.9. The molecule has 0 aliphatic carbocycles. The summed E-state index contributed by atoms with van der Waals surface area (Å²) >= 11 is 9.27. The zero-order chi connectivity index (χ0) is 15.8. The molecule has 2 rings (SSSR count). The Morgan fingerprint density at radius 1 is 1.10 bits per heavy atom. The molecule has 0 saturated heterocycles. The summed E-state index contributed by atoms with van der Waals surface area (Å²) in [5.74, 6) is -2.01. The van der Waals surface area contributed by atoms with Gasteiger partial charge in [0.1, 0.15) is 0 Å². The van der Waals surface area contributed by atoms with E-state index in [-0.39, 0.29) is 9.92 Å². The minimum Gasteiger partial charge on any atom is -0.224 e. The Morgan fingerprint density at radius 3 is 2.14 bits per heavy atom. The third-order valence-electron chi connectivity index (χ3n) is 2.91. The van der Waals surface area contributed by atoms with Crippen LogP contribution in [0.3, 0.4) is 0 Å². The summed E-state index contributed by atoms with van der Waals surface area (Å²) in [6.45, 7) is 0. The molecule has 112 valence electrons. The van der Waals surface area contributed by atoms with Gasteiger partial charge in [0, 0.05) is 11.3 Å². The topological polar surface area (TPSA) is 34.1 Å². The Labute approximate surface area is 134 Å². The van der Waals surface area contributed by atoms with Gasteiger partial charge in [0.25, 0.3) is 0 Å². The van der Waals surface area contributed by atoms with Crippen LogP contribution in [0.15, 0.2) is 41.3 Å². The predicted molar refractivity (Wildman–Crippen MR) is 81.7 cm³/mol. The van der Waals surface area contributed by atoms with Crippen molar-refractivity contribution in [1.29, 1.82) is 0 Å². The quantitative estimate of drug-likeness (QED) is 0.566. The normalized spacial score (nSPS) is 13.2. The van der Waals surface area contributed by atoms with Gasteiger partial charge in [0.2, 0.25) is 0 Å². The second-order valence-electron chi connectivity index (χ2n) is 4.49. The van der Waals surface area contributed by atoms with Gasteiger partial charge in [-0.25, -0.2) is 17.2 Å². The molecule has 2 aromatic carbocycles. The first-order chi connectivity index (χ1) is 9.70. The van der Waals surface area contributed by atoms with Crippen LogP contribution in [0.2, 0.25) is 5.02 Å². The first-order valence-corrected chi connectivity index (χ1v) is 8.97. The van der Waals surface area contributed by atoms with E-state index in [1.807, 2.05) is 0 Å². The Morgan fingerprint density at radius 2 is 1.62 bits per heavy atom. The fourth-order valence-corrected chi connectivity index (χ4v) is 3.50. The second kappa shape index (κ2) is 6.02. The maximum atomic E-state index is 13.3. The lowest BCUT2D eigenvalue weighted by atomic mass is 10.0. The van der Waals surface area contributed by atoms with E-state index in [0.717, 1.165) is 18.4 Å². The molecular weight excluding hydrogens is 386 g/mol. The summed E-state index contributed by atoms with van der Waals surface area (Å²) in [5, 5.41) is 0.0861. The van der Waals surface area contributed by atoms with Gasteiger partial charge in [-0.05, 0) is 35.4 Å². The Balaban J connectivity index is 2.41. The van der Waals surface area contributed by atoms with Crippen LogP contribution in [0.1, 0.15) is 16.0 Å². The second-order valence-corrected chi connectivity index (χ2v) is 7.83. The van der Waals surface area contributed by atoms with Crippen LogP contribution in [0, 0.1) is 11.6 Å². The molecule has 0 fully saturated rings. The van der Waals surface area contributed by atoms with Gasteiger partial charge in [-0.2, -0.15) is 0 Å². The maximum absolute atomic E-state index is 13.3. The average molecular weight is 396 g/mol. The van der Waals surface area contributed by atoms with Crippen LogP contribution >= 0.6 is 27.5 Å². The molecular formula is C14H10BrClF2O2S. The van der Waals surface area contributed by atoms with E-state index in [1.54, 1.807) is 12.1 Å². The van der Waals surface area contributed by atoms with Crippen molar-refractivity contribution in [1.82, 2.24) is 0 Å². The highest BCUT2D eigenvalue weighted by Gasteiger charge is 2.18. The molecule has 0 heterocycles. The molecule has 2 aromatic rings. The van der Waals surface area contributed by atoms with E-state index in [1.165, 1.54) is 12.1 Å². The smallest absolute Gasteiger partial charge is 0.175 e. The van der Waals surface area contributed by atoms with Gasteiger partial charge >= 0.3 is 0 Å². The van der Waals surface area contributed by atoms with Gasteiger partial charge in [0.15, 0.2) is 21.5 Å². The molecule has 2 nitrogen and oxygen atoms in total. The molecule has 0 radical (unpaired) electrons. The number of hydrogen-bond acceptors (Lipinski definition) is 2. The summed E-state index contributed by atoms with van der Waals surface area (Å²) in [6, 6.07) is 8.01. The van der Waals surface area contributed by atoms with Crippen molar-refractivity contribution in [3.8, 4) is 0 Å². The molecule has 1 unspecified atom stereocenters. The minimum atomic E-state index is -3.28. The number of sulfone groups is 1. The van der Waals surface area contributed by atoms with Gasteiger partial charge in [-0.15, -0.1) is 0 Å². The molecule has 0 bridgehead atoms. The van der Waals surface area contributed by atoms with Crippen LogP contribution in [0.4, 0.5) is 8.78 Å². The molecule has 0 aromatic heterocycles. The largest absolute Gasteiger partial charge is 0.224 e. The standard InChI is InChI=1S/C14H10BrClF2O2S/c1-21(19,20)9-4-2-8(3-5-9)14(15)10-6-12(17)13(18)7-11(10)16/h2-7,14H,1H3. The molecule has 0 saturated carbocycles. The van der Waals surface area contributed by atoms with Crippen LogP contribution in [0.5, 0.6) is 0 Å². The summed E-state index contributed by atoms with van der Waals surface area (Å²) in [4.78, 5) is -0.295. The van der Waals surface area contributed by atoms with Crippen molar-refractivity contribution >= 4 is 37.4 Å². The molecule has 0 aliphatic rings. The maximum Gasteiger partial charge on any atom is 0.175 e. The Hall–Kier alpha value is -0.980. The number of hydrogen-bond donors (Lipinski definition) is 0. The van der Waals surface area contributed by atoms with E-state index >= 15 is 0 Å². The molecule has 1 atom stereocenters. The number of rotatable bonds is 3. The van der Waals surface area contributed by atoms with E-state index in [2.05, 4.69) is 15.9 Å². The van der Waals surface area contributed by atoms with Crippen LogP contribution in [-0.2, 0) is 9.84 Å². The lowest BCUT2D eigenvalue weighted by Gasteiger charge is -2.13. The van der Waals surface area contributed by atoms with Gasteiger partial charge in [0.05, 0.1) is 9.72 Å². The highest BCUT2D eigenvalue weighted by molar-refractivity contribution is 9.09. The van der Waals surface area contributed by atoms with Crippen LogP contribution in [0.25, 0.3) is 0 Å². The van der Waals surface area contributed by atoms with Gasteiger partial charge in [-0.1, -0.05) is 39.7 Å². The highest BCUT2D eigenvalue weighted by Crippen LogP contribution is 2.36. The van der Waals surface area contributed by atoms with E-state index in [9.17, 15) is 17.2 Å². The van der Waals surface area contributed by atoms with Crippen LogP contribution < -0.4 is 0 Å². The van der Waals surface area contributed by atoms with Crippen molar-refractivity contribution in [3.63, 3.8) is 0 Å². The van der Waals surface area contributed by atoms with E-state index in [4.69, 9.17) is 11.6 Å². The van der Waals surface area contributed by atoms with E-state index < -0.39 is 26.3 Å². The molecule has 0 amide bonds. The Kier molecular flexibility index (Phi) is 4.70. The van der Waals surface area contributed by atoms with Crippen LogP contribution in [-0.4, -0.2) is 14.7 Å². The minimum absolute atomic E-state index is 0.0861. The fraction of sp³-hybridized carbons (Fsp3) is 0.143. The molecule has 7 heteroatoms. The lowest BCUT2D eigenvalue weighted by Crippen LogP contribution is -2.00. The van der Waals surface area contributed by atoms with E-state index in [0.29, 0.717) is 11.1 Å². The fourth-order valence-electron chi connectivity index (χ4n) is 1.80. The summed E-state index contributed by atoms with van der Waals surface area (Å²) < 4.78 is 49.2.